The van der Waals surface area contributed by atoms with Crippen LogP contribution in [-0.2, 0) is 0 Å². The highest BCUT2D eigenvalue weighted by Gasteiger charge is 2.18. The van der Waals surface area contributed by atoms with E-state index in [-0.39, 0.29) is 4.45 Å². The molecule has 0 aliphatic heterocycles. The second-order valence-corrected chi connectivity index (χ2v) is 6.30. The molecular formula is C5H6Cl4OS2. The van der Waals surface area contributed by atoms with Crippen LogP contribution in [0.1, 0.15) is 0 Å². The number of thioether (sulfide) groups is 2. The molecule has 0 aromatic heterocycles. The van der Waals surface area contributed by atoms with Gasteiger partial charge >= 0.3 is 0 Å². The summed E-state index contributed by atoms with van der Waals surface area (Å²) >= 11 is 23.9. The van der Waals surface area contributed by atoms with Gasteiger partial charge in [0.05, 0.1) is 0 Å². The first-order valence-electron chi connectivity index (χ1n) is 2.89. The predicted molar refractivity (Wildman–Crippen MR) is 61.3 cm³/mol. The highest BCUT2D eigenvalue weighted by molar-refractivity contribution is 8.39. The molecule has 0 radical (unpaired) electrons. The molecule has 0 bridgehead atoms. The van der Waals surface area contributed by atoms with Gasteiger partial charge in [0.1, 0.15) is 9.55 Å². The Labute approximate surface area is 99.8 Å². The standard InChI is InChI=1S/C5H6Cl4OS2/c6-1-2-11-5(10)12-4(9)3(7)8/h3-4H,1-2H2/t4-/m1/s1. The third-order valence-corrected chi connectivity index (χ3v) is 4.67. The summed E-state index contributed by atoms with van der Waals surface area (Å²) < 4.78 is -0.703. The minimum absolute atomic E-state index is 0.109. The van der Waals surface area contributed by atoms with Gasteiger partial charge < -0.3 is 0 Å². The Hall–Kier alpha value is 1.53. The Morgan fingerprint density at radius 1 is 1.33 bits per heavy atom. The maximum absolute atomic E-state index is 11.0. The minimum Gasteiger partial charge on any atom is -0.274 e. The number of alkyl halides is 4. The van der Waals surface area contributed by atoms with E-state index >= 15 is 0 Å². The van der Waals surface area contributed by atoms with Crippen molar-refractivity contribution >= 4 is 74.4 Å². The van der Waals surface area contributed by atoms with Gasteiger partial charge in [0, 0.05) is 11.6 Å². The Balaban J connectivity index is 3.54. The molecule has 0 unspecified atom stereocenters. The van der Waals surface area contributed by atoms with Crippen molar-refractivity contribution in [2.24, 2.45) is 0 Å². The number of halogens is 4. The third kappa shape index (κ3) is 6.98. The normalized spacial score (nSPS) is 13.4. The monoisotopic (exact) mass is 286 g/mol. The lowest BCUT2D eigenvalue weighted by Crippen LogP contribution is -2.05. The van der Waals surface area contributed by atoms with Crippen LogP contribution in [0.15, 0.2) is 0 Å². The predicted octanol–water partition coefficient (Wildman–Crippen LogP) is 4.18. The fraction of sp³-hybridized carbons (Fsp3) is 0.800. The molecule has 1 nitrogen and oxygen atoms in total. The Morgan fingerprint density at radius 3 is 2.33 bits per heavy atom. The first-order chi connectivity index (χ1) is 5.57. The van der Waals surface area contributed by atoms with Gasteiger partial charge in [-0.25, -0.2) is 0 Å². The van der Waals surface area contributed by atoms with E-state index in [1.807, 2.05) is 0 Å². The summed E-state index contributed by atoms with van der Waals surface area (Å²) in [5, 5.41) is 0. The lowest BCUT2D eigenvalue weighted by atomic mass is 10.9. The summed E-state index contributed by atoms with van der Waals surface area (Å²) in [5.74, 6) is 1.02. The van der Waals surface area contributed by atoms with E-state index in [0.29, 0.717) is 11.6 Å². The van der Waals surface area contributed by atoms with Gasteiger partial charge in [-0.15, -0.1) is 46.4 Å². The Morgan fingerprint density at radius 2 is 1.92 bits per heavy atom. The van der Waals surface area contributed by atoms with E-state index in [2.05, 4.69) is 0 Å². The molecule has 72 valence electrons. The molecule has 0 saturated heterocycles. The highest BCUT2D eigenvalue weighted by atomic mass is 35.5. The first-order valence-corrected chi connectivity index (χ1v) is 6.60. The van der Waals surface area contributed by atoms with E-state index in [0.717, 1.165) is 23.5 Å². The molecule has 0 aromatic carbocycles. The van der Waals surface area contributed by atoms with Crippen molar-refractivity contribution in [1.82, 2.24) is 0 Å². The zero-order valence-corrected chi connectivity index (χ0v) is 10.5. The summed E-state index contributed by atoms with van der Waals surface area (Å²) in [6, 6.07) is 0. The maximum atomic E-state index is 11.0. The second-order valence-electron chi connectivity index (χ2n) is 1.59. The molecular weight excluding hydrogens is 282 g/mol. The summed E-state index contributed by atoms with van der Waals surface area (Å²) in [4.78, 5) is 10.2. The van der Waals surface area contributed by atoms with Crippen molar-refractivity contribution in [3.8, 4) is 0 Å². The smallest absolute Gasteiger partial charge is 0.247 e. The quantitative estimate of drug-likeness (QED) is 0.722. The van der Waals surface area contributed by atoms with Gasteiger partial charge in [-0.05, 0) is 0 Å². The van der Waals surface area contributed by atoms with Crippen LogP contribution in [-0.4, -0.2) is 25.6 Å². The molecule has 1 atom stereocenters. The van der Waals surface area contributed by atoms with Crippen LogP contribution < -0.4 is 0 Å². The van der Waals surface area contributed by atoms with Gasteiger partial charge in [-0.1, -0.05) is 23.5 Å². The van der Waals surface area contributed by atoms with Crippen molar-refractivity contribution in [2.45, 2.75) is 9.55 Å². The van der Waals surface area contributed by atoms with Gasteiger partial charge in [0.15, 0.2) is 0 Å². The van der Waals surface area contributed by atoms with Crippen molar-refractivity contribution < 1.29 is 4.79 Å². The van der Waals surface area contributed by atoms with Crippen molar-refractivity contribution in [3.63, 3.8) is 0 Å². The van der Waals surface area contributed by atoms with Crippen LogP contribution in [0.25, 0.3) is 0 Å². The van der Waals surface area contributed by atoms with E-state index in [9.17, 15) is 4.79 Å². The molecule has 0 heterocycles. The summed E-state index contributed by atoms with van der Waals surface area (Å²) in [5.41, 5.74) is 0. The van der Waals surface area contributed by atoms with Crippen LogP contribution in [0.3, 0.4) is 0 Å². The zero-order valence-electron chi connectivity index (χ0n) is 5.81. The van der Waals surface area contributed by atoms with Gasteiger partial charge in [-0.3, -0.25) is 4.79 Å². The summed E-state index contributed by atoms with van der Waals surface area (Å²) in [6.07, 6.45) is 0. The molecule has 0 rings (SSSR count). The SMILES string of the molecule is O=C(SCCCl)S[C@@H](Cl)C(Cl)Cl. The third-order valence-electron chi connectivity index (χ3n) is 0.704. The van der Waals surface area contributed by atoms with Crippen LogP contribution in [0.5, 0.6) is 0 Å². The molecule has 7 heteroatoms. The van der Waals surface area contributed by atoms with Crippen molar-refractivity contribution in [2.75, 3.05) is 11.6 Å². The minimum atomic E-state index is -0.739. The van der Waals surface area contributed by atoms with Crippen LogP contribution >= 0.6 is 69.9 Å². The molecule has 0 spiro atoms. The topological polar surface area (TPSA) is 17.1 Å². The van der Waals surface area contributed by atoms with Crippen molar-refractivity contribution in [1.29, 1.82) is 0 Å². The molecule has 0 aromatic rings. The first kappa shape index (κ1) is 13.5. The zero-order chi connectivity index (χ0) is 9.56. The molecule has 0 fully saturated rings. The van der Waals surface area contributed by atoms with Crippen LogP contribution in [0.2, 0.25) is 0 Å². The highest BCUT2D eigenvalue weighted by Crippen LogP contribution is 2.30. The molecule has 0 N–H and O–H groups in total. The van der Waals surface area contributed by atoms with E-state index in [1.165, 1.54) is 0 Å². The largest absolute Gasteiger partial charge is 0.274 e. The molecule has 0 aliphatic rings. The lowest BCUT2D eigenvalue weighted by molar-refractivity contribution is 0.276. The number of hydrogen-bond donors (Lipinski definition) is 0. The average molecular weight is 288 g/mol. The molecule has 0 saturated carbocycles. The fourth-order valence-corrected chi connectivity index (χ4v) is 2.60. The summed E-state index contributed by atoms with van der Waals surface area (Å²) in [7, 11) is 0. The molecule has 0 aliphatic carbocycles. The van der Waals surface area contributed by atoms with Gasteiger partial charge in [0.25, 0.3) is 0 Å². The van der Waals surface area contributed by atoms with Crippen LogP contribution in [0.4, 0.5) is 4.79 Å². The number of carbonyl (C=O) groups is 1. The summed E-state index contributed by atoms with van der Waals surface area (Å²) in [6.45, 7) is 0. The average Bonchev–Trinajstić information content (AvgIpc) is 2.00. The second kappa shape index (κ2) is 7.89. The molecule has 0 amide bonds. The van der Waals surface area contributed by atoms with Gasteiger partial charge in [-0.2, -0.15) is 0 Å². The fourth-order valence-electron chi connectivity index (χ4n) is 0.299. The van der Waals surface area contributed by atoms with Crippen molar-refractivity contribution in [3.05, 3.63) is 0 Å². The number of hydrogen-bond acceptors (Lipinski definition) is 3. The number of rotatable bonds is 4. The van der Waals surface area contributed by atoms with Crippen LogP contribution in [0, 0.1) is 0 Å². The maximum Gasteiger partial charge on any atom is 0.247 e. The van der Waals surface area contributed by atoms with Gasteiger partial charge in [0.2, 0.25) is 4.45 Å². The van der Waals surface area contributed by atoms with E-state index in [1.54, 1.807) is 0 Å². The van der Waals surface area contributed by atoms with E-state index < -0.39 is 9.55 Å². The van der Waals surface area contributed by atoms with E-state index in [4.69, 9.17) is 46.4 Å². The molecule has 12 heavy (non-hydrogen) atoms. The lowest BCUT2D eigenvalue weighted by Gasteiger charge is -2.06. The Kier molecular flexibility index (Phi) is 8.90. The Bertz CT molecular complexity index is 143. The number of carbonyl (C=O) groups excluding carboxylic acids is 1.